The lowest BCUT2D eigenvalue weighted by Gasteiger charge is -2.24. The van der Waals surface area contributed by atoms with Crippen LogP contribution in [0.1, 0.15) is 31.0 Å². The molecule has 1 atom stereocenters. The molecule has 1 aliphatic heterocycles. The van der Waals surface area contributed by atoms with Gasteiger partial charge in [0, 0.05) is 4.47 Å². The molecule has 158 valence electrons. The summed E-state index contributed by atoms with van der Waals surface area (Å²) in [5.41, 5.74) is 2.10. The molecule has 3 aromatic rings. The summed E-state index contributed by atoms with van der Waals surface area (Å²) >= 11 is 4.68. The number of aromatic hydroxyl groups is 1. The first-order valence-corrected chi connectivity index (χ1v) is 11.2. The predicted octanol–water partition coefficient (Wildman–Crippen LogP) is 3.27. The number of thiazole rings is 1. The minimum absolute atomic E-state index is 0.120. The van der Waals surface area contributed by atoms with Crippen LogP contribution < -0.4 is 14.9 Å². The van der Waals surface area contributed by atoms with E-state index in [2.05, 4.69) is 20.9 Å². The molecule has 0 fully saturated rings. The fourth-order valence-corrected chi connectivity index (χ4v) is 4.83. The molecule has 2 aromatic carbocycles. The van der Waals surface area contributed by atoms with Crippen LogP contribution in [0.5, 0.6) is 5.75 Å². The van der Waals surface area contributed by atoms with Crippen molar-refractivity contribution >= 4 is 39.3 Å². The van der Waals surface area contributed by atoms with Crippen molar-refractivity contribution in [2.45, 2.75) is 19.9 Å². The lowest BCUT2D eigenvalue weighted by molar-refractivity contribution is -0.139. The maximum absolute atomic E-state index is 13.4. The van der Waals surface area contributed by atoms with Crippen molar-refractivity contribution in [3.8, 4) is 5.75 Å². The molecule has 2 heterocycles. The number of fused-ring (bicyclic) bond motifs is 1. The Hall–Kier alpha value is -2.97. The monoisotopic (exact) mass is 498 g/mol. The van der Waals surface area contributed by atoms with Gasteiger partial charge < -0.3 is 9.84 Å². The van der Waals surface area contributed by atoms with E-state index in [9.17, 15) is 14.7 Å². The molecule has 1 unspecified atom stereocenters. The van der Waals surface area contributed by atoms with Gasteiger partial charge in [-0.05, 0) is 55.3 Å². The van der Waals surface area contributed by atoms with E-state index in [-0.39, 0.29) is 17.9 Å². The average Bonchev–Trinajstić information content (AvgIpc) is 3.02. The van der Waals surface area contributed by atoms with Crippen LogP contribution in [0, 0.1) is 0 Å². The lowest BCUT2D eigenvalue weighted by atomic mass is 9.96. The molecule has 31 heavy (non-hydrogen) atoms. The number of aromatic nitrogens is 1. The van der Waals surface area contributed by atoms with Gasteiger partial charge in [-0.15, -0.1) is 0 Å². The van der Waals surface area contributed by atoms with Gasteiger partial charge in [0.05, 0.1) is 28.5 Å². The maximum atomic E-state index is 13.4. The first kappa shape index (κ1) is 21.3. The summed E-state index contributed by atoms with van der Waals surface area (Å²) in [6.07, 6.45) is 1.71. The van der Waals surface area contributed by atoms with E-state index < -0.39 is 12.0 Å². The third-order valence-electron chi connectivity index (χ3n) is 4.87. The molecule has 0 radical (unpaired) electrons. The van der Waals surface area contributed by atoms with Crippen molar-refractivity contribution < 1.29 is 14.6 Å². The Morgan fingerprint density at radius 1 is 1.29 bits per heavy atom. The number of phenols is 1. The molecule has 0 saturated heterocycles. The van der Waals surface area contributed by atoms with Crippen LogP contribution in [-0.2, 0) is 9.53 Å². The van der Waals surface area contributed by atoms with Crippen LogP contribution in [0.3, 0.4) is 0 Å². The topological polar surface area (TPSA) is 80.9 Å². The molecule has 1 aromatic heterocycles. The van der Waals surface area contributed by atoms with Gasteiger partial charge in [-0.1, -0.05) is 51.5 Å². The van der Waals surface area contributed by atoms with Crippen molar-refractivity contribution in [3.05, 3.63) is 95.1 Å². The molecular formula is C23H19BrN2O4S. The quantitative estimate of drug-likeness (QED) is 0.559. The van der Waals surface area contributed by atoms with Crippen LogP contribution in [0.25, 0.3) is 6.08 Å². The summed E-state index contributed by atoms with van der Waals surface area (Å²) in [6.45, 7) is 3.72. The van der Waals surface area contributed by atoms with Crippen molar-refractivity contribution in [1.82, 2.24) is 4.57 Å². The summed E-state index contributed by atoms with van der Waals surface area (Å²) in [7, 11) is 0. The van der Waals surface area contributed by atoms with Gasteiger partial charge in [-0.2, -0.15) is 0 Å². The number of hydrogen-bond donors (Lipinski definition) is 1. The van der Waals surface area contributed by atoms with Crippen LogP contribution in [0.4, 0.5) is 0 Å². The number of allylic oxidation sites excluding steroid dienone is 1. The Morgan fingerprint density at radius 2 is 2.03 bits per heavy atom. The van der Waals surface area contributed by atoms with E-state index in [1.165, 1.54) is 11.3 Å². The number of nitrogens with zero attached hydrogens (tertiary/aromatic N) is 2. The van der Waals surface area contributed by atoms with Crippen molar-refractivity contribution in [1.29, 1.82) is 0 Å². The van der Waals surface area contributed by atoms with E-state index in [0.29, 0.717) is 26.2 Å². The molecule has 8 heteroatoms. The fraction of sp³-hybridized carbons (Fsp3) is 0.174. The standard InChI is InChI=1S/C23H19BrN2O4S/c1-3-30-22(29)19-13(2)25-23-26(20(19)15-7-9-16(24)10-8-15)21(28)18(31-23)12-14-5-4-6-17(27)11-14/h4-12,20,27H,3H2,1-2H3. The minimum Gasteiger partial charge on any atom is -0.508 e. The summed E-state index contributed by atoms with van der Waals surface area (Å²) in [5, 5.41) is 9.74. The highest BCUT2D eigenvalue weighted by Crippen LogP contribution is 2.31. The number of carbonyl (C=O) groups is 1. The second-order valence-corrected chi connectivity index (χ2v) is 8.87. The largest absolute Gasteiger partial charge is 0.508 e. The number of phenolic OH excluding ortho intramolecular Hbond substituents is 1. The van der Waals surface area contributed by atoms with Crippen molar-refractivity contribution in [2.24, 2.45) is 4.99 Å². The van der Waals surface area contributed by atoms with E-state index in [0.717, 1.165) is 10.0 Å². The SMILES string of the molecule is CCOC(=O)C1=C(C)N=c2sc(=Cc3cccc(O)c3)c(=O)n2C1c1ccc(Br)cc1. The van der Waals surface area contributed by atoms with E-state index in [1.54, 1.807) is 48.8 Å². The van der Waals surface area contributed by atoms with Crippen LogP contribution in [0.15, 0.2) is 74.1 Å². The molecule has 0 aliphatic carbocycles. The zero-order chi connectivity index (χ0) is 22.1. The van der Waals surface area contributed by atoms with Gasteiger partial charge in [0.2, 0.25) is 0 Å². The number of benzene rings is 2. The number of esters is 1. The molecule has 0 saturated carbocycles. The molecule has 0 bridgehead atoms. The Kier molecular flexibility index (Phi) is 5.93. The second kappa shape index (κ2) is 8.64. The summed E-state index contributed by atoms with van der Waals surface area (Å²) < 4.78 is 8.18. The van der Waals surface area contributed by atoms with Gasteiger partial charge in [0.15, 0.2) is 4.80 Å². The highest BCUT2D eigenvalue weighted by molar-refractivity contribution is 9.10. The Balaban J connectivity index is 1.96. The van der Waals surface area contributed by atoms with E-state index in [4.69, 9.17) is 4.74 Å². The summed E-state index contributed by atoms with van der Waals surface area (Å²) in [6, 6.07) is 13.5. The summed E-state index contributed by atoms with van der Waals surface area (Å²) in [4.78, 5) is 31.3. The van der Waals surface area contributed by atoms with Crippen LogP contribution in [-0.4, -0.2) is 22.2 Å². The highest BCUT2D eigenvalue weighted by Gasteiger charge is 2.33. The van der Waals surface area contributed by atoms with Gasteiger partial charge in [0.1, 0.15) is 5.75 Å². The first-order chi connectivity index (χ1) is 14.9. The maximum Gasteiger partial charge on any atom is 0.338 e. The van der Waals surface area contributed by atoms with E-state index >= 15 is 0 Å². The molecule has 1 N–H and O–H groups in total. The molecular weight excluding hydrogens is 480 g/mol. The zero-order valence-electron chi connectivity index (χ0n) is 16.8. The fourth-order valence-electron chi connectivity index (χ4n) is 3.52. The normalized spacial score (nSPS) is 16.1. The molecule has 4 rings (SSSR count). The van der Waals surface area contributed by atoms with Gasteiger partial charge in [-0.25, -0.2) is 9.79 Å². The highest BCUT2D eigenvalue weighted by atomic mass is 79.9. The lowest BCUT2D eigenvalue weighted by Crippen LogP contribution is -2.39. The number of ether oxygens (including phenoxy) is 1. The van der Waals surface area contributed by atoms with Crippen molar-refractivity contribution in [2.75, 3.05) is 6.61 Å². The average molecular weight is 499 g/mol. The molecule has 6 nitrogen and oxygen atoms in total. The van der Waals surface area contributed by atoms with Crippen LogP contribution in [0.2, 0.25) is 0 Å². The van der Waals surface area contributed by atoms with Gasteiger partial charge >= 0.3 is 5.97 Å². The summed E-state index contributed by atoms with van der Waals surface area (Å²) in [5.74, 6) is -0.367. The van der Waals surface area contributed by atoms with Gasteiger partial charge in [-0.3, -0.25) is 9.36 Å². The smallest absolute Gasteiger partial charge is 0.338 e. The predicted molar refractivity (Wildman–Crippen MR) is 123 cm³/mol. The number of rotatable bonds is 4. The number of hydrogen-bond acceptors (Lipinski definition) is 6. The Bertz CT molecular complexity index is 1370. The molecule has 1 aliphatic rings. The number of halogens is 1. The Morgan fingerprint density at radius 3 is 2.71 bits per heavy atom. The second-order valence-electron chi connectivity index (χ2n) is 6.95. The zero-order valence-corrected chi connectivity index (χ0v) is 19.2. The minimum atomic E-state index is -0.644. The van der Waals surface area contributed by atoms with Crippen LogP contribution >= 0.6 is 27.3 Å². The first-order valence-electron chi connectivity index (χ1n) is 9.63. The third kappa shape index (κ3) is 4.13. The van der Waals surface area contributed by atoms with E-state index in [1.807, 2.05) is 24.3 Å². The van der Waals surface area contributed by atoms with Crippen molar-refractivity contribution in [3.63, 3.8) is 0 Å². The van der Waals surface area contributed by atoms with Gasteiger partial charge in [0.25, 0.3) is 5.56 Å². The molecule has 0 spiro atoms. The third-order valence-corrected chi connectivity index (χ3v) is 6.38. The number of carbonyl (C=O) groups excluding carboxylic acids is 1. The Labute approximate surface area is 190 Å². The molecule has 0 amide bonds.